The second-order valence-corrected chi connectivity index (χ2v) is 6.53. The molecule has 0 radical (unpaired) electrons. The van der Waals surface area contributed by atoms with Crippen molar-refractivity contribution in [2.75, 3.05) is 5.32 Å². The molecule has 0 aromatic heterocycles. The molecule has 0 heterocycles. The van der Waals surface area contributed by atoms with Crippen molar-refractivity contribution in [3.05, 3.63) is 26.8 Å². The second kappa shape index (κ2) is 6.75. The summed E-state index contributed by atoms with van der Waals surface area (Å²) in [5.41, 5.74) is 0.720. The van der Waals surface area contributed by atoms with Gasteiger partial charge in [-0.05, 0) is 59.5 Å². The third-order valence-electron chi connectivity index (χ3n) is 3.40. The van der Waals surface area contributed by atoms with E-state index >= 15 is 0 Å². The van der Waals surface area contributed by atoms with Crippen molar-refractivity contribution in [1.29, 1.82) is 0 Å². The van der Waals surface area contributed by atoms with Gasteiger partial charge in [0.25, 0.3) is 0 Å². The van der Waals surface area contributed by atoms with Crippen LogP contribution >= 0.6 is 34.2 Å². The van der Waals surface area contributed by atoms with Crippen LogP contribution in [0.15, 0.2) is 18.2 Å². The van der Waals surface area contributed by atoms with Gasteiger partial charge in [0.15, 0.2) is 0 Å². The van der Waals surface area contributed by atoms with E-state index in [1.165, 1.54) is 32.1 Å². The lowest BCUT2D eigenvalue weighted by molar-refractivity contribution is -0.117. The molecule has 1 aliphatic carbocycles. The first kappa shape index (κ1) is 14.1. The van der Waals surface area contributed by atoms with E-state index in [4.69, 9.17) is 11.6 Å². The number of carbonyl (C=O) groups is 1. The van der Waals surface area contributed by atoms with E-state index in [0.29, 0.717) is 17.4 Å². The van der Waals surface area contributed by atoms with Crippen molar-refractivity contribution in [2.45, 2.75) is 38.5 Å². The van der Waals surface area contributed by atoms with Crippen LogP contribution in [-0.4, -0.2) is 5.91 Å². The van der Waals surface area contributed by atoms with Crippen molar-refractivity contribution in [3.8, 4) is 0 Å². The lowest BCUT2D eigenvalue weighted by Gasteiger charge is -2.21. The maximum absolute atomic E-state index is 11.9. The fourth-order valence-corrected chi connectivity index (χ4v) is 3.35. The Hall–Kier alpha value is -0.290. The summed E-state index contributed by atoms with van der Waals surface area (Å²) >= 11 is 8.30. The summed E-state index contributed by atoms with van der Waals surface area (Å²) < 4.78 is 1.07. The molecule has 1 aromatic carbocycles. The van der Waals surface area contributed by atoms with E-state index in [1.807, 2.05) is 18.2 Å². The average Bonchev–Trinajstić information content (AvgIpc) is 2.34. The summed E-state index contributed by atoms with van der Waals surface area (Å²) in [7, 11) is 0. The van der Waals surface area contributed by atoms with Gasteiger partial charge in [0.05, 0.1) is 10.7 Å². The van der Waals surface area contributed by atoms with Crippen LogP contribution in [-0.2, 0) is 4.79 Å². The molecule has 0 aliphatic heterocycles. The number of amides is 1. The van der Waals surface area contributed by atoms with Crippen molar-refractivity contribution in [1.82, 2.24) is 0 Å². The highest BCUT2D eigenvalue weighted by Gasteiger charge is 2.17. The molecule has 0 bridgehead atoms. The zero-order chi connectivity index (χ0) is 13.0. The van der Waals surface area contributed by atoms with Gasteiger partial charge in [0.2, 0.25) is 5.91 Å². The normalized spacial score (nSPS) is 16.6. The van der Waals surface area contributed by atoms with E-state index in [-0.39, 0.29) is 5.91 Å². The fraction of sp³-hybridized carbons (Fsp3) is 0.500. The summed E-state index contributed by atoms with van der Waals surface area (Å²) in [6.07, 6.45) is 6.86. The van der Waals surface area contributed by atoms with Gasteiger partial charge in [-0.1, -0.05) is 30.9 Å². The van der Waals surface area contributed by atoms with E-state index in [2.05, 4.69) is 27.9 Å². The van der Waals surface area contributed by atoms with Gasteiger partial charge in [-0.25, -0.2) is 0 Å². The molecule has 1 aliphatic rings. The van der Waals surface area contributed by atoms with Crippen molar-refractivity contribution >= 4 is 45.8 Å². The SMILES string of the molecule is O=C(CC1CCCCC1)Nc1ccc(I)cc1Cl. The molecule has 98 valence electrons. The fourth-order valence-electron chi connectivity index (χ4n) is 2.45. The Labute approximate surface area is 127 Å². The molecule has 0 unspecified atom stereocenters. The van der Waals surface area contributed by atoms with Crippen LogP contribution < -0.4 is 5.32 Å². The molecule has 1 N–H and O–H groups in total. The van der Waals surface area contributed by atoms with Crippen LogP contribution in [0.1, 0.15) is 38.5 Å². The summed E-state index contributed by atoms with van der Waals surface area (Å²) in [6.45, 7) is 0. The minimum Gasteiger partial charge on any atom is -0.325 e. The van der Waals surface area contributed by atoms with E-state index in [9.17, 15) is 4.79 Å². The van der Waals surface area contributed by atoms with Crippen LogP contribution in [0, 0.1) is 9.49 Å². The highest BCUT2D eigenvalue weighted by molar-refractivity contribution is 14.1. The number of hydrogen-bond acceptors (Lipinski definition) is 1. The molecular formula is C14H17ClINO. The van der Waals surface area contributed by atoms with Crippen LogP contribution in [0.25, 0.3) is 0 Å². The van der Waals surface area contributed by atoms with Crippen molar-refractivity contribution in [3.63, 3.8) is 0 Å². The minimum atomic E-state index is 0.0880. The molecular weight excluding hydrogens is 361 g/mol. The molecule has 1 saturated carbocycles. The lowest BCUT2D eigenvalue weighted by Crippen LogP contribution is -2.18. The number of halogens is 2. The Morgan fingerprint density at radius 2 is 2.06 bits per heavy atom. The molecule has 0 spiro atoms. The van der Waals surface area contributed by atoms with E-state index in [0.717, 1.165) is 9.26 Å². The lowest BCUT2D eigenvalue weighted by atomic mass is 9.87. The zero-order valence-corrected chi connectivity index (χ0v) is 13.1. The number of nitrogens with one attached hydrogen (secondary N) is 1. The number of benzene rings is 1. The summed E-state index contributed by atoms with van der Waals surface area (Å²) in [5.74, 6) is 0.645. The predicted octanol–water partition coefficient (Wildman–Crippen LogP) is 4.85. The van der Waals surface area contributed by atoms with Gasteiger partial charge in [-0.15, -0.1) is 0 Å². The van der Waals surface area contributed by atoms with Crippen LogP contribution in [0.3, 0.4) is 0 Å². The molecule has 2 rings (SSSR count). The van der Waals surface area contributed by atoms with E-state index in [1.54, 1.807) is 0 Å². The third-order valence-corrected chi connectivity index (χ3v) is 4.39. The molecule has 0 saturated heterocycles. The third kappa shape index (κ3) is 4.12. The van der Waals surface area contributed by atoms with Gasteiger partial charge in [-0.2, -0.15) is 0 Å². The molecule has 18 heavy (non-hydrogen) atoms. The summed E-state index contributed by atoms with van der Waals surface area (Å²) in [6, 6.07) is 5.67. The largest absolute Gasteiger partial charge is 0.325 e. The molecule has 0 atom stereocenters. The Balaban J connectivity index is 1.90. The van der Waals surface area contributed by atoms with Crippen LogP contribution in [0.4, 0.5) is 5.69 Å². The smallest absolute Gasteiger partial charge is 0.224 e. The Morgan fingerprint density at radius 3 is 2.72 bits per heavy atom. The molecule has 1 aromatic rings. The Bertz CT molecular complexity index is 430. The first-order chi connectivity index (χ1) is 8.65. The quantitative estimate of drug-likeness (QED) is 0.749. The number of hydrogen-bond donors (Lipinski definition) is 1. The van der Waals surface area contributed by atoms with Gasteiger partial charge in [0, 0.05) is 9.99 Å². The van der Waals surface area contributed by atoms with Crippen LogP contribution in [0.5, 0.6) is 0 Å². The second-order valence-electron chi connectivity index (χ2n) is 4.88. The first-order valence-corrected chi connectivity index (χ1v) is 7.86. The van der Waals surface area contributed by atoms with Gasteiger partial charge in [-0.3, -0.25) is 4.79 Å². The summed E-state index contributed by atoms with van der Waals surface area (Å²) in [4.78, 5) is 11.9. The maximum atomic E-state index is 11.9. The number of carbonyl (C=O) groups excluding carboxylic acids is 1. The Morgan fingerprint density at radius 1 is 1.33 bits per heavy atom. The average molecular weight is 378 g/mol. The molecule has 1 fully saturated rings. The number of anilines is 1. The molecule has 2 nitrogen and oxygen atoms in total. The van der Waals surface area contributed by atoms with Gasteiger partial charge >= 0.3 is 0 Å². The van der Waals surface area contributed by atoms with Gasteiger partial charge in [0.1, 0.15) is 0 Å². The van der Waals surface area contributed by atoms with Crippen molar-refractivity contribution < 1.29 is 4.79 Å². The first-order valence-electron chi connectivity index (χ1n) is 6.40. The molecule has 1 amide bonds. The summed E-state index contributed by atoms with van der Waals surface area (Å²) in [5, 5.41) is 3.52. The van der Waals surface area contributed by atoms with Crippen molar-refractivity contribution in [2.24, 2.45) is 5.92 Å². The highest BCUT2D eigenvalue weighted by atomic mass is 127. The molecule has 4 heteroatoms. The van der Waals surface area contributed by atoms with Gasteiger partial charge < -0.3 is 5.32 Å². The minimum absolute atomic E-state index is 0.0880. The predicted molar refractivity (Wildman–Crippen MR) is 84.0 cm³/mol. The zero-order valence-electron chi connectivity index (χ0n) is 10.2. The number of rotatable bonds is 3. The maximum Gasteiger partial charge on any atom is 0.224 e. The topological polar surface area (TPSA) is 29.1 Å². The van der Waals surface area contributed by atoms with Crippen LogP contribution in [0.2, 0.25) is 5.02 Å². The van der Waals surface area contributed by atoms with E-state index < -0.39 is 0 Å². The standard InChI is InChI=1S/C14H17ClINO/c15-12-9-11(16)6-7-13(12)17-14(18)8-10-4-2-1-3-5-10/h6-7,9-10H,1-5,8H2,(H,17,18). The monoisotopic (exact) mass is 377 g/mol. The highest BCUT2D eigenvalue weighted by Crippen LogP contribution is 2.28. The Kier molecular flexibility index (Phi) is 5.30.